The van der Waals surface area contributed by atoms with Gasteiger partial charge in [0, 0.05) is 9.84 Å². The Kier molecular flexibility index (Phi) is 18.2. The Balaban J connectivity index is 0. The third-order valence-electron chi connectivity index (χ3n) is 11.1. The van der Waals surface area contributed by atoms with Crippen LogP contribution >= 0.6 is 0 Å². The lowest BCUT2D eigenvalue weighted by Gasteiger charge is -2.39. The maximum Gasteiger partial charge on any atom is 0.0504 e. The highest BCUT2D eigenvalue weighted by atomic mass is 28.3. The third-order valence-corrected chi connectivity index (χ3v) is 20.2. The maximum absolute atomic E-state index is 2.66. The van der Waals surface area contributed by atoms with Crippen LogP contribution in [0.5, 0.6) is 0 Å². The second-order valence-electron chi connectivity index (χ2n) is 14.7. The van der Waals surface area contributed by atoms with E-state index in [1.54, 1.807) is 69.9 Å². The molecule has 3 saturated carbocycles. The number of hydrogen-bond donors (Lipinski definition) is 0. The van der Waals surface area contributed by atoms with Gasteiger partial charge >= 0.3 is 0 Å². The van der Waals surface area contributed by atoms with Crippen LogP contribution in [0.15, 0.2) is 0 Å². The van der Waals surface area contributed by atoms with Crippen molar-refractivity contribution in [1.29, 1.82) is 0 Å². The summed E-state index contributed by atoms with van der Waals surface area (Å²) < 4.78 is 0. The first-order chi connectivity index (χ1) is 16.1. The molecule has 0 nitrogen and oxygen atoms in total. The first kappa shape index (κ1) is 36.5. The molecule has 3 fully saturated rings. The van der Waals surface area contributed by atoms with E-state index >= 15 is 0 Å². The molecule has 0 N–H and O–H groups in total. The Morgan fingerprint density at radius 3 is 1.25 bits per heavy atom. The van der Waals surface area contributed by atoms with Gasteiger partial charge in [0.1, 0.15) is 0 Å². The molecular weight excluding hydrogens is 463 g/mol. The Morgan fingerprint density at radius 1 is 0.556 bits per heavy atom. The van der Waals surface area contributed by atoms with Crippen molar-refractivity contribution in [3.8, 4) is 0 Å². The van der Waals surface area contributed by atoms with Gasteiger partial charge < -0.3 is 0 Å². The van der Waals surface area contributed by atoms with Crippen molar-refractivity contribution in [1.82, 2.24) is 0 Å². The van der Waals surface area contributed by atoms with E-state index in [1.807, 2.05) is 0 Å². The van der Waals surface area contributed by atoms with E-state index in [4.69, 9.17) is 0 Å². The summed E-state index contributed by atoms with van der Waals surface area (Å²) in [6.45, 7) is 20.1. The highest BCUT2D eigenvalue weighted by Gasteiger charge is 2.35. The summed E-state index contributed by atoms with van der Waals surface area (Å²) in [6, 6.07) is 3.11. The van der Waals surface area contributed by atoms with E-state index < -0.39 is 16.1 Å². The summed E-state index contributed by atoms with van der Waals surface area (Å²) in [7, 11) is -1.73. The molecule has 36 heavy (non-hydrogen) atoms. The van der Waals surface area contributed by atoms with Crippen LogP contribution in [0, 0.1) is 23.7 Å². The highest BCUT2D eigenvalue weighted by molar-refractivity contribution is 6.79. The van der Waals surface area contributed by atoms with Gasteiger partial charge in [0.15, 0.2) is 0 Å². The van der Waals surface area contributed by atoms with Crippen molar-refractivity contribution in [2.24, 2.45) is 23.7 Å². The lowest BCUT2D eigenvalue weighted by molar-refractivity contribution is 0.208. The Morgan fingerprint density at radius 2 is 0.889 bits per heavy atom. The zero-order chi connectivity index (χ0) is 25.2. The van der Waals surface area contributed by atoms with Crippen LogP contribution in [0.3, 0.4) is 0 Å². The molecule has 3 rings (SSSR count). The second kappa shape index (κ2) is 18.0. The first-order valence-electron chi connectivity index (χ1n) is 16.1. The molecule has 0 bridgehead atoms. The fourth-order valence-electron chi connectivity index (χ4n) is 8.26. The average Bonchev–Trinajstić information content (AvgIpc) is 2.81. The topological polar surface area (TPSA) is 0 Å². The predicted molar refractivity (Wildman–Crippen MR) is 177 cm³/mol. The molecule has 0 spiro atoms. The smallest absolute Gasteiger partial charge is 0.0504 e. The molecule has 3 aliphatic rings. The van der Waals surface area contributed by atoms with E-state index in [2.05, 4.69) is 53.9 Å². The van der Waals surface area contributed by atoms with Gasteiger partial charge in [-0.1, -0.05) is 170 Å². The second-order valence-corrected chi connectivity index (χ2v) is 25.3. The number of rotatable bonds is 9. The molecule has 0 aromatic rings. The van der Waals surface area contributed by atoms with Crippen molar-refractivity contribution < 1.29 is 1.43 Å². The fraction of sp³-hybridized carbons (Fsp3) is 1.00. The lowest BCUT2D eigenvalue weighted by Crippen LogP contribution is -2.35. The van der Waals surface area contributed by atoms with Gasteiger partial charge in [-0.15, -0.1) is 0 Å². The third kappa shape index (κ3) is 12.1. The molecule has 0 amide bonds. The first-order valence-corrected chi connectivity index (χ1v) is 22.7. The van der Waals surface area contributed by atoms with E-state index in [1.165, 1.54) is 44.9 Å². The van der Waals surface area contributed by atoms with E-state index in [9.17, 15) is 0 Å². The molecule has 215 valence electrons. The summed E-state index contributed by atoms with van der Waals surface area (Å²) in [6.07, 6.45) is 24.4. The quantitative estimate of drug-likeness (QED) is 0.257. The average molecular weight is 537 g/mol. The van der Waals surface area contributed by atoms with Crippen molar-refractivity contribution in [2.45, 2.75) is 187 Å². The van der Waals surface area contributed by atoms with Crippen LogP contribution in [0.1, 0.15) is 139 Å². The molecule has 0 heterocycles. The zero-order valence-corrected chi connectivity index (χ0v) is 27.8. The summed E-state index contributed by atoms with van der Waals surface area (Å²) >= 11 is 0. The number of hydrogen-bond acceptors (Lipinski definition) is 0. The predicted octanol–water partition coefficient (Wildman–Crippen LogP) is 12.5. The molecule has 0 aromatic heterocycles. The molecule has 3 heteroatoms. The molecule has 0 aliphatic heterocycles. The molecule has 0 atom stereocenters. The van der Waals surface area contributed by atoms with Gasteiger partial charge in [0.05, 0.1) is 16.1 Å². The Hall–Kier alpha value is 0.499. The van der Waals surface area contributed by atoms with Gasteiger partial charge in [0.2, 0.25) is 0 Å². The van der Waals surface area contributed by atoms with Crippen molar-refractivity contribution in [3.05, 3.63) is 0 Å². The van der Waals surface area contributed by atoms with Crippen LogP contribution in [-0.2, 0) is 0 Å². The van der Waals surface area contributed by atoms with Crippen molar-refractivity contribution >= 4 is 24.6 Å². The van der Waals surface area contributed by atoms with Crippen LogP contribution in [0.2, 0.25) is 49.4 Å². The Labute approximate surface area is 236 Å². The van der Waals surface area contributed by atoms with Gasteiger partial charge in [-0.25, -0.2) is 0 Å². The summed E-state index contributed by atoms with van der Waals surface area (Å²) in [4.78, 5) is 0. The van der Waals surface area contributed by atoms with Gasteiger partial charge in [-0.2, -0.15) is 0 Å². The van der Waals surface area contributed by atoms with Crippen LogP contribution in [0.25, 0.3) is 0 Å². The molecule has 3 aliphatic carbocycles. The van der Waals surface area contributed by atoms with Gasteiger partial charge in [-0.3, -0.25) is 0 Å². The normalized spacial score (nSPS) is 31.3. The van der Waals surface area contributed by atoms with E-state index in [0.29, 0.717) is 0 Å². The molecule has 0 unspecified atom stereocenters. The fourth-order valence-corrected chi connectivity index (χ4v) is 15.5. The standard InChI is InChI=1S/C20H40Si.C12H26Si.CH4.B.H2/c1-5-15-21(3,4)20-13-11-19(12-14-20)16-18-9-7-17(6-2)8-10-18;1-5-10-13(3,4)12-8-6-11(2)7-9-12;;;/h17-20H,5-16H2,1-4H3;11-12H,5-10H2,1-4H3;1H4;;1H/i;;;;1+1. The highest BCUT2D eigenvalue weighted by Crippen LogP contribution is 2.45. The van der Waals surface area contributed by atoms with E-state index in [-0.39, 0.29) is 17.3 Å². The molecule has 0 aromatic carbocycles. The van der Waals surface area contributed by atoms with Crippen molar-refractivity contribution in [2.75, 3.05) is 0 Å². The molecule has 3 radical (unpaired) electrons. The van der Waals surface area contributed by atoms with Gasteiger partial charge in [0.25, 0.3) is 0 Å². The maximum atomic E-state index is 2.66. The molecule has 0 saturated heterocycles. The van der Waals surface area contributed by atoms with Crippen molar-refractivity contribution in [3.63, 3.8) is 0 Å². The van der Waals surface area contributed by atoms with E-state index in [0.717, 1.165) is 34.8 Å². The summed E-state index contributed by atoms with van der Waals surface area (Å²) in [5.74, 6) is 4.27. The van der Waals surface area contributed by atoms with Gasteiger partial charge in [-0.05, 0) is 41.2 Å². The Bertz CT molecular complexity index is 528. The van der Waals surface area contributed by atoms with Crippen LogP contribution < -0.4 is 0 Å². The SMILES string of the molecule is C.CCC[Si](C)(C)C1CCC(C)CC1.CCC[Si](C)(C)C1CCC(CC2CCC(CC)CC2)CC1.[2HH].[B]. The minimum atomic E-state index is -0.898. The lowest BCUT2D eigenvalue weighted by atomic mass is 9.74. The minimum Gasteiger partial charge on any atom is -0.0776 e. The summed E-state index contributed by atoms with van der Waals surface area (Å²) in [5.41, 5.74) is 2.29. The van der Waals surface area contributed by atoms with Crippen LogP contribution in [-0.4, -0.2) is 24.6 Å². The molecular formula is C33H72BSi2. The minimum absolute atomic E-state index is 0. The van der Waals surface area contributed by atoms with Crippen LogP contribution in [0.4, 0.5) is 0 Å². The summed E-state index contributed by atoms with van der Waals surface area (Å²) in [5, 5.41) is 0. The largest absolute Gasteiger partial charge is 0.0776 e. The zero-order valence-electron chi connectivity index (χ0n) is 25.8. The monoisotopic (exact) mass is 537 g/mol.